The molecule has 9 heteroatoms. The summed E-state index contributed by atoms with van der Waals surface area (Å²) in [4.78, 5) is 27.3. The Balaban J connectivity index is 1.43. The van der Waals surface area contributed by atoms with Crippen molar-refractivity contribution in [3.05, 3.63) is 53.6 Å². The number of carbonyl (C=O) groups is 2. The summed E-state index contributed by atoms with van der Waals surface area (Å²) in [6, 6.07) is 11.5. The highest BCUT2D eigenvalue weighted by Crippen LogP contribution is 2.41. The van der Waals surface area contributed by atoms with Crippen LogP contribution in [0.25, 0.3) is 0 Å². The summed E-state index contributed by atoms with van der Waals surface area (Å²) in [6.07, 6.45) is 2.46. The summed E-state index contributed by atoms with van der Waals surface area (Å²) in [5.74, 6) is 1.07. The monoisotopic (exact) mass is 444 g/mol. The maximum atomic E-state index is 12.9. The van der Waals surface area contributed by atoms with Crippen LogP contribution in [0.2, 0.25) is 0 Å². The van der Waals surface area contributed by atoms with Crippen molar-refractivity contribution in [2.45, 2.75) is 24.9 Å². The summed E-state index contributed by atoms with van der Waals surface area (Å²) in [5.41, 5.74) is 0.828. The van der Waals surface area contributed by atoms with Crippen LogP contribution in [0.1, 0.15) is 40.0 Å². The van der Waals surface area contributed by atoms with Crippen LogP contribution >= 0.6 is 0 Å². The topological polar surface area (TPSA) is 102 Å². The van der Waals surface area contributed by atoms with Crippen LogP contribution in [0.5, 0.6) is 11.5 Å². The van der Waals surface area contributed by atoms with E-state index in [1.54, 1.807) is 54.5 Å². The molecule has 0 aliphatic carbocycles. The Morgan fingerprint density at radius 1 is 1.13 bits per heavy atom. The van der Waals surface area contributed by atoms with Gasteiger partial charge in [0.25, 0.3) is 5.91 Å². The number of rotatable bonds is 4. The first kappa shape index (κ1) is 21.2. The molecule has 31 heavy (non-hydrogen) atoms. The lowest BCUT2D eigenvalue weighted by Crippen LogP contribution is -2.52. The summed E-state index contributed by atoms with van der Waals surface area (Å²) in [5, 5.41) is 0. The molecule has 2 heterocycles. The molecule has 0 unspecified atom stereocenters. The molecular formula is C22H24N2O6S. The van der Waals surface area contributed by atoms with E-state index in [0.717, 1.165) is 6.26 Å². The Labute approximate surface area is 181 Å². The van der Waals surface area contributed by atoms with Crippen molar-refractivity contribution < 1.29 is 27.5 Å². The van der Waals surface area contributed by atoms with Crippen molar-refractivity contribution >= 4 is 27.4 Å². The lowest BCUT2D eigenvalue weighted by atomic mass is 9.82. The van der Waals surface area contributed by atoms with Gasteiger partial charge in [-0.2, -0.15) is 0 Å². The molecule has 0 bridgehead atoms. The fraction of sp³-hybridized carbons (Fsp3) is 0.364. The van der Waals surface area contributed by atoms with Crippen LogP contribution in [0.3, 0.4) is 0 Å². The number of amides is 1. The highest BCUT2D eigenvalue weighted by molar-refractivity contribution is 7.92. The number of Topliss-reactive ketones (excluding diaryl/α,β-unsaturated/α-hetero) is 1. The number of hydrogen-bond donors (Lipinski definition) is 1. The zero-order chi connectivity index (χ0) is 22.2. The zero-order valence-electron chi connectivity index (χ0n) is 17.4. The third-order valence-corrected chi connectivity index (χ3v) is 6.30. The molecule has 0 saturated carbocycles. The van der Waals surface area contributed by atoms with Gasteiger partial charge in [-0.05, 0) is 36.4 Å². The molecule has 1 spiro atoms. The molecule has 164 valence electrons. The number of anilines is 1. The summed E-state index contributed by atoms with van der Waals surface area (Å²) < 4.78 is 36.5. The number of benzene rings is 2. The second-order valence-electron chi connectivity index (χ2n) is 7.99. The van der Waals surface area contributed by atoms with Crippen molar-refractivity contribution in [3.63, 3.8) is 0 Å². The van der Waals surface area contributed by atoms with E-state index in [2.05, 4.69) is 4.72 Å². The summed E-state index contributed by atoms with van der Waals surface area (Å²) >= 11 is 0. The minimum Gasteiger partial charge on any atom is -0.497 e. The predicted molar refractivity (Wildman–Crippen MR) is 115 cm³/mol. The van der Waals surface area contributed by atoms with E-state index < -0.39 is 15.6 Å². The molecule has 1 fully saturated rings. The maximum absolute atomic E-state index is 12.9. The summed E-state index contributed by atoms with van der Waals surface area (Å²) in [6.45, 7) is 0.934. The van der Waals surface area contributed by atoms with E-state index in [0.29, 0.717) is 60.7 Å². The Kier molecular flexibility index (Phi) is 5.38. The smallest absolute Gasteiger partial charge is 0.253 e. The number of sulfonamides is 1. The molecule has 1 amide bonds. The van der Waals surface area contributed by atoms with Gasteiger partial charge in [0.15, 0.2) is 5.78 Å². The number of likely N-dealkylation sites (tertiary alicyclic amines) is 1. The van der Waals surface area contributed by atoms with Crippen LogP contribution in [-0.4, -0.2) is 57.1 Å². The highest BCUT2D eigenvalue weighted by atomic mass is 32.2. The fourth-order valence-corrected chi connectivity index (χ4v) is 4.64. The van der Waals surface area contributed by atoms with Gasteiger partial charge in [-0.15, -0.1) is 0 Å². The maximum Gasteiger partial charge on any atom is 0.253 e. The molecule has 0 radical (unpaired) electrons. The number of nitrogens with zero attached hydrogens (tertiary/aromatic N) is 1. The molecule has 1 N–H and O–H groups in total. The molecular weight excluding hydrogens is 420 g/mol. The summed E-state index contributed by atoms with van der Waals surface area (Å²) in [7, 11) is -1.81. The van der Waals surface area contributed by atoms with Crippen molar-refractivity contribution in [1.29, 1.82) is 0 Å². The Morgan fingerprint density at radius 2 is 1.81 bits per heavy atom. The predicted octanol–water partition coefficient (Wildman–Crippen LogP) is 2.71. The number of ether oxygens (including phenoxy) is 2. The van der Waals surface area contributed by atoms with Crippen LogP contribution in [0.4, 0.5) is 5.69 Å². The van der Waals surface area contributed by atoms with E-state index in [1.165, 1.54) is 0 Å². The van der Waals surface area contributed by atoms with Crippen molar-refractivity contribution in [2.24, 2.45) is 0 Å². The number of carbonyl (C=O) groups excluding carboxylic acids is 2. The molecule has 0 aromatic heterocycles. The number of hydrogen-bond acceptors (Lipinski definition) is 6. The molecule has 2 aliphatic rings. The van der Waals surface area contributed by atoms with E-state index >= 15 is 0 Å². The number of methoxy groups -OCH3 is 1. The lowest BCUT2D eigenvalue weighted by Gasteiger charge is -2.44. The second-order valence-corrected chi connectivity index (χ2v) is 9.74. The van der Waals surface area contributed by atoms with Crippen molar-refractivity contribution in [3.8, 4) is 11.5 Å². The normalized spacial score (nSPS) is 17.6. The van der Waals surface area contributed by atoms with Crippen molar-refractivity contribution in [2.75, 3.05) is 31.2 Å². The van der Waals surface area contributed by atoms with Crippen LogP contribution in [-0.2, 0) is 10.0 Å². The third kappa shape index (κ3) is 4.51. The second kappa shape index (κ2) is 7.88. The van der Waals surface area contributed by atoms with E-state index in [-0.39, 0.29) is 11.7 Å². The van der Waals surface area contributed by atoms with Gasteiger partial charge in [-0.3, -0.25) is 14.3 Å². The molecule has 8 nitrogen and oxygen atoms in total. The van der Waals surface area contributed by atoms with E-state index in [9.17, 15) is 18.0 Å². The van der Waals surface area contributed by atoms with Gasteiger partial charge in [-0.25, -0.2) is 8.42 Å². The van der Waals surface area contributed by atoms with Gasteiger partial charge >= 0.3 is 0 Å². The molecule has 2 aliphatic heterocycles. The zero-order valence-corrected chi connectivity index (χ0v) is 18.2. The Bertz CT molecular complexity index is 1120. The van der Waals surface area contributed by atoms with Crippen LogP contribution in [0.15, 0.2) is 42.5 Å². The molecule has 1 saturated heterocycles. The number of fused-ring (bicyclic) bond motifs is 1. The van der Waals surface area contributed by atoms with Crippen LogP contribution < -0.4 is 14.2 Å². The van der Waals surface area contributed by atoms with Gasteiger partial charge in [0.2, 0.25) is 10.0 Å². The van der Waals surface area contributed by atoms with E-state index in [4.69, 9.17) is 9.47 Å². The number of nitrogens with one attached hydrogen (secondary N) is 1. The largest absolute Gasteiger partial charge is 0.497 e. The van der Waals surface area contributed by atoms with Crippen LogP contribution in [0, 0.1) is 0 Å². The first-order valence-electron chi connectivity index (χ1n) is 9.95. The quantitative estimate of drug-likeness (QED) is 0.778. The molecule has 2 aromatic rings. The fourth-order valence-electron chi connectivity index (χ4n) is 4.08. The Morgan fingerprint density at radius 3 is 2.42 bits per heavy atom. The van der Waals surface area contributed by atoms with Gasteiger partial charge < -0.3 is 14.4 Å². The Hall–Kier alpha value is -3.07. The van der Waals surface area contributed by atoms with Crippen molar-refractivity contribution in [1.82, 2.24) is 4.90 Å². The average molecular weight is 445 g/mol. The number of piperidine rings is 1. The minimum absolute atomic E-state index is 0.0395. The van der Waals surface area contributed by atoms with Gasteiger partial charge in [0.05, 0.1) is 25.3 Å². The van der Waals surface area contributed by atoms with Gasteiger partial charge in [-0.1, -0.05) is 0 Å². The SMILES string of the molecule is COc1ccc2c(c1)OC1(CCN(C(=O)c3ccc(NS(C)(=O)=O)cc3)CC1)CC2=O. The van der Waals surface area contributed by atoms with Gasteiger partial charge in [0.1, 0.15) is 17.1 Å². The average Bonchev–Trinajstić information content (AvgIpc) is 2.73. The highest BCUT2D eigenvalue weighted by Gasteiger charge is 2.43. The van der Waals surface area contributed by atoms with E-state index in [1.807, 2.05) is 0 Å². The standard InChI is InChI=1S/C22H24N2O6S/c1-29-17-7-8-18-19(25)14-22(30-20(18)13-17)9-11-24(12-10-22)21(26)15-3-5-16(6-4-15)23-31(2,27)28/h3-8,13,23H,9-12,14H2,1-2H3. The lowest BCUT2D eigenvalue weighted by molar-refractivity contribution is -0.00581. The first-order valence-corrected chi connectivity index (χ1v) is 11.8. The molecule has 2 aromatic carbocycles. The third-order valence-electron chi connectivity index (χ3n) is 5.70. The molecule has 4 rings (SSSR count). The first-order chi connectivity index (χ1) is 14.7. The number of ketones is 1. The molecule has 0 atom stereocenters. The van der Waals surface area contributed by atoms with Gasteiger partial charge in [0, 0.05) is 43.2 Å². The minimum atomic E-state index is -3.37.